The van der Waals surface area contributed by atoms with Gasteiger partial charge in [0.15, 0.2) is 0 Å². The number of aryl methyl sites for hydroxylation is 2. The summed E-state index contributed by atoms with van der Waals surface area (Å²) in [5.74, 6) is 0. The Hall–Kier alpha value is -2.36. The maximum absolute atomic E-state index is 6.28. The standard InChI is InChI=1S/C23H16BrClN2/c24-17-7-3-6-16(13-17)23-22-20-10-2-1-5-15(20)11-12-21(22)26-27(23)19-9-4-8-18(25)14-19/h1-10,13-14H,11-12H2. The summed E-state index contributed by atoms with van der Waals surface area (Å²) in [6, 6.07) is 24.9. The van der Waals surface area contributed by atoms with Gasteiger partial charge in [0.25, 0.3) is 0 Å². The third-order valence-electron chi connectivity index (χ3n) is 5.03. The number of rotatable bonds is 2. The summed E-state index contributed by atoms with van der Waals surface area (Å²) in [4.78, 5) is 0. The van der Waals surface area contributed by atoms with Crippen molar-refractivity contribution in [3.05, 3.63) is 93.5 Å². The van der Waals surface area contributed by atoms with E-state index in [0.29, 0.717) is 5.02 Å². The number of nitrogens with zero attached hydrogens (tertiary/aromatic N) is 2. The highest BCUT2D eigenvalue weighted by molar-refractivity contribution is 9.10. The number of hydrogen-bond acceptors (Lipinski definition) is 1. The molecule has 4 aromatic rings. The zero-order valence-electron chi connectivity index (χ0n) is 14.5. The summed E-state index contributed by atoms with van der Waals surface area (Å²) in [5.41, 5.74) is 8.26. The third-order valence-corrected chi connectivity index (χ3v) is 5.75. The zero-order chi connectivity index (χ0) is 18.4. The average Bonchev–Trinajstić information content (AvgIpc) is 3.08. The number of aromatic nitrogens is 2. The molecule has 0 bridgehead atoms. The fraction of sp³-hybridized carbons (Fsp3) is 0.0870. The number of fused-ring (bicyclic) bond motifs is 3. The van der Waals surface area contributed by atoms with E-state index in [9.17, 15) is 0 Å². The van der Waals surface area contributed by atoms with E-state index in [1.807, 2.05) is 28.9 Å². The van der Waals surface area contributed by atoms with Gasteiger partial charge in [-0.15, -0.1) is 0 Å². The van der Waals surface area contributed by atoms with Gasteiger partial charge in [-0.25, -0.2) is 4.68 Å². The minimum Gasteiger partial charge on any atom is -0.232 e. The van der Waals surface area contributed by atoms with E-state index in [-0.39, 0.29) is 0 Å². The Labute approximate surface area is 171 Å². The van der Waals surface area contributed by atoms with Crippen molar-refractivity contribution in [3.63, 3.8) is 0 Å². The van der Waals surface area contributed by atoms with E-state index in [0.717, 1.165) is 40.0 Å². The Kier molecular flexibility index (Phi) is 4.14. The van der Waals surface area contributed by atoms with Crippen molar-refractivity contribution in [2.45, 2.75) is 12.8 Å². The van der Waals surface area contributed by atoms with Gasteiger partial charge in [0, 0.05) is 20.6 Å². The lowest BCUT2D eigenvalue weighted by Crippen LogP contribution is -2.03. The molecule has 3 aromatic carbocycles. The van der Waals surface area contributed by atoms with Crippen LogP contribution in [-0.2, 0) is 12.8 Å². The van der Waals surface area contributed by atoms with Crippen molar-refractivity contribution < 1.29 is 0 Å². The lowest BCUT2D eigenvalue weighted by molar-refractivity contribution is 0.818. The topological polar surface area (TPSA) is 17.8 Å². The van der Waals surface area contributed by atoms with Crippen molar-refractivity contribution in [2.75, 3.05) is 0 Å². The molecule has 0 unspecified atom stereocenters. The van der Waals surface area contributed by atoms with Crippen molar-refractivity contribution in [3.8, 4) is 28.1 Å². The van der Waals surface area contributed by atoms with Crippen LogP contribution in [0.5, 0.6) is 0 Å². The predicted octanol–water partition coefficient (Wildman–Crippen LogP) is 6.72. The van der Waals surface area contributed by atoms with Gasteiger partial charge in [-0.3, -0.25) is 0 Å². The Morgan fingerprint density at radius 3 is 2.59 bits per heavy atom. The minimum atomic E-state index is 0.710. The molecule has 2 nitrogen and oxygen atoms in total. The highest BCUT2D eigenvalue weighted by atomic mass is 79.9. The quantitative estimate of drug-likeness (QED) is 0.342. The first-order chi connectivity index (χ1) is 13.2. The maximum atomic E-state index is 6.28. The molecule has 0 saturated carbocycles. The van der Waals surface area contributed by atoms with Crippen LogP contribution in [0.3, 0.4) is 0 Å². The smallest absolute Gasteiger partial charge is 0.0822 e. The van der Waals surface area contributed by atoms with Crippen LogP contribution in [0.25, 0.3) is 28.1 Å². The lowest BCUT2D eigenvalue weighted by Gasteiger charge is -2.17. The normalized spacial score (nSPS) is 12.5. The SMILES string of the molecule is Clc1cccc(-n2nc3c(c2-c2cccc(Br)c2)-c2ccccc2CC3)c1. The van der Waals surface area contributed by atoms with E-state index < -0.39 is 0 Å². The number of hydrogen-bond donors (Lipinski definition) is 0. The fourth-order valence-corrected chi connectivity index (χ4v) is 4.44. The van der Waals surface area contributed by atoms with Crippen molar-refractivity contribution in [1.29, 1.82) is 0 Å². The molecular weight excluding hydrogens is 420 g/mol. The van der Waals surface area contributed by atoms with Crippen LogP contribution in [0, 0.1) is 0 Å². The molecule has 0 aliphatic heterocycles. The van der Waals surface area contributed by atoms with Gasteiger partial charge in [-0.2, -0.15) is 5.10 Å². The third kappa shape index (κ3) is 2.91. The minimum absolute atomic E-state index is 0.710. The Balaban J connectivity index is 1.85. The summed E-state index contributed by atoms with van der Waals surface area (Å²) in [6.45, 7) is 0. The molecule has 0 atom stereocenters. The molecule has 0 saturated heterocycles. The van der Waals surface area contributed by atoms with E-state index >= 15 is 0 Å². The lowest BCUT2D eigenvalue weighted by atomic mass is 9.87. The van der Waals surface area contributed by atoms with Gasteiger partial charge in [0.1, 0.15) is 0 Å². The second-order valence-corrected chi connectivity index (χ2v) is 8.08. The molecule has 0 fully saturated rings. The molecule has 1 heterocycles. The van der Waals surface area contributed by atoms with E-state index in [2.05, 4.69) is 64.5 Å². The predicted molar refractivity (Wildman–Crippen MR) is 115 cm³/mol. The van der Waals surface area contributed by atoms with Crippen molar-refractivity contribution >= 4 is 27.5 Å². The monoisotopic (exact) mass is 434 g/mol. The summed E-state index contributed by atoms with van der Waals surface area (Å²) < 4.78 is 3.09. The van der Waals surface area contributed by atoms with Crippen LogP contribution >= 0.6 is 27.5 Å². The molecule has 0 amide bonds. The number of halogens is 2. The van der Waals surface area contributed by atoms with Crippen LogP contribution in [0.2, 0.25) is 5.02 Å². The van der Waals surface area contributed by atoms with Crippen LogP contribution in [-0.4, -0.2) is 9.78 Å². The summed E-state index contributed by atoms with van der Waals surface area (Å²) in [5, 5.41) is 5.72. The first-order valence-electron chi connectivity index (χ1n) is 8.93. The Morgan fingerprint density at radius 2 is 1.74 bits per heavy atom. The maximum Gasteiger partial charge on any atom is 0.0822 e. The van der Waals surface area contributed by atoms with Crippen LogP contribution in [0.1, 0.15) is 11.3 Å². The van der Waals surface area contributed by atoms with E-state index in [1.165, 1.54) is 16.7 Å². The van der Waals surface area contributed by atoms with E-state index in [1.54, 1.807) is 0 Å². The highest BCUT2D eigenvalue weighted by Gasteiger charge is 2.26. The van der Waals surface area contributed by atoms with Crippen LogP contribution < -0.4 is 0 Å². The van der Waals surface area contributed by atoms with Gasteiger partial charge >= 0.3 is 0 Å². The van der Waals surface area contributed by atoms with Gasteiger partial charge in [0.05, 0.1) is 17.1 Å². The molecule has 1 aromatic heterocycles. The van der Waals surface area contributed by atoms with Gasteiger partial charge in [0.2, 0.25) is 0 Å². The Morgan fingerprint density at radius 1 is 0.889 bits per heavy atom. The summed E-state index contributed by atoms with van der Waals surface area (Å²) >= 11 is 9.89. The van der Waals surface area contributed by atoms with Gasteiger partial charge in [-0.05, 0) is 54.3 Å². The van der Waals surface area contributed by atoms with Gasteiger partial charge in [-0.1, -0.05) is 70.0 Å². The molecule has 132 valence electrons. The molecule has 5 rings (SSSR count). The largest absolute Gasteiger partial charge is 0.232 e. The molecule has 0 N–H and O–H groups in total. The van der Waals surface area contributed by atoms with Gasteiger partial charge < -0.3 is 0 Å². The summed E-state index contributed by atoms with van der Waals surface area (Å²) in [6.07, 6.45) is 1.97. The Bertz CT molecular complexity index is 1160. The molecule has 0 radical (unpaired) electrons. The molecule has 27 heavy (non-hydrogen) atoms. The fourth-order valence-electron chi connectivity index (χ4n) is 3.85. The second kappa shape index (κ2) is 6.66. The summed E-state index contributed by atoms with van der Waals surface area (Å²) in [7, 11) is 0. The second-order valence-electron chi connectivity index (χ2n) is 6.73. The average molecular weight is 436 g/mol. The van der Waals surface area contributed by atoms with E-state index in [4.69, 9.17) is 16.7 Å². The molecule has 4 heteroatoms. The zero-order valence-corrected chi connectivity index (χ0v) is 16.8. The number of benzene rings is 3. The first kappa shape index (κ1) is 16.8. The van der Waals surface area contributed by atoms with Crippen molar-refractivity contribution in [2.24, 2.45) is 0 Å². The first-order valence-corrected chi connectivity index (χ1v) is 10.1. The van der Waals surface area contributed by atoms with Crippen molar-refractivity contribution in [1.82, 2.24) is 9.78 Å². The molecule has 1 aliphatic carbocycles. The molecular formula is C23H16BrClN2. The van der Waals surface area contributed by atoms with Crippen LogP contribution in [0.4, 0.5) is 0 Å². The highest BCUT2D eigenvalue weighted by Crippen LogP contribution is 2.42. The molecule has 1 aliphatic rings. The van der Waals surface area contributed by atoms with Crippen LogP contribution in [0.15, 0.2) is 77.3 Å². The molecule has 0 spiro atoms.